The lowest BCUT2D eigenvalue weighted by Crippen LogP contribution is -2.11. The van der Waals surface area contributed by atoms with Gasteiger partial charge in [-0.1, -0.05) is 206 Å². The third-order valence-electron chi connectivity index (χ3n) is 12.8. The number of hydrogen-bond donors (Lipinski definition) is 0. The van der Waals surface area contributed by atoms with Gasteiger partial charge in [0.15, 0.2) is 0 Å². The summed E-state index contributed by atoms with van der Waals surface area (Å²) in [6, 6.07) is 92.7. The fraction of sp³-hybridized carbons (Fsp3) is 0. The van der Waals surface area contributed by atoms with Crippen molar-refractivity contribution in [3.05, 3.63) is 255 Å². The Bertz CT molecular complexity index is 3600. The maximum atomic E-state index is 2.45. The van der Waals surface area contributed by atoms with E-state index in [1.54, 1.807) is 0 Å². The van der Waals surface area contributed by atoms with E-state index >= 15 is 0 Å². The Morgan fingerprint density at radius 3 is 1.55 bits per heavy atom. The van der Waals surface area contributed by atoms with Gasteiger partial charge in [0.1, 0.15) is 0 Å². The first-order valence-corrected chi connectivity index (χ1v) is 22.0. The summed E-state index contributed by atoms with van der Waals surface area (Å²) in [6.45, 7) is 0. The summed E-state index contributed by atoms with van der Waals surface area (Å²) >= 11 is 0. The largest absolute Gasteiger partial charge is 0.310 e. The average molecular weight is 815 g/mol. The van der Waals surface area contributed by atoms with Gasteiger partial charge in [-0.3, -0.25) is 0 Å². The first-order valence-electron chi connectivity index (χ1n) is 22.0. The van der Waals surface area contributed by atoms with E-state index in [1.165, 1.54) is 82.3 Å². The topological polar surface area (TPSA) is 8.17 Å². The summed E-state index contributed by atoms with van der Waals surface area (Å²) in [4.78, 5) is 2.43. The van der Waals surface area contributed by atoms with Crippen molar-refractivity contribution < 1.29 is 0 Å². The van der Waals surface area contributed by atoms with Crippen LogP contribution < -0.4 is 4.90 Å². The zero-order valence-corrected chi connectivity index (χ0v) is 35.1. The molecule has 12 aromatic rings. The van der Waals surface area contributed by atoms with Crippen molar-refractivity contribution in [3.8, 4) is 50.2 Å². The predicted molar refractivity (Wildman–Crippen MR) is 272 cm³/mol. The molecule has 12 rings (SSSR count). The minimum Gasteiger partial charge on any atom is -0.310 e. The molecule has 0 fully saturated rings. The normalized spacial score (nSPS) is 11.4. The summed E-state index contributed by atoms with van der Waals surface area (Å²) in [6.07, 6.45) is 0. The van der Waals surface area contributed by atoms with Crippen LogP contribution in [0.2, 0.25) is 0 Å². The summed E-state index contributed by atoms with van der Waals surface area (Å²) in [5.74, 6) is 0. The van der Waals surface area contributed by atoms with Crippen molar-refractivity contribution in [1.82, 2.24) is 4.57 Å². The van der Waals surface area contributed by atoms with Crippen LogP contribution in [0.25, 0.3) is 93.5 Å². The molecule has 0 unspecified atom stereocenters. The number of rotatable bonds is 8. The molecule has 0 radical (unpaired) electrons. The smallest absolute Gasteiger partial charge is 0.0546 e. The summed E-state index contributed by atoms with van der Waals surface area (Å²) in [7, 11) is 0. The van der Waals surface area contributed by atoms with Crippen molar-refractivity contribution in [2.75, 3.05) is 4.90 Å². The molecule has 0 saturated carbocycles. The van der Waals surface area contributed by atoms with E-state index in [0.29, 0.717) is 0 Å². The third kappa shape index (κ3) is 6.35. The summed E-state index contributed by atoms with van der Waals surface area (Å²) < 4.78 is 2.45. The third-order valence-corrected chi connectivity index (χ3v) is 12.8. The fourth-order valence-corrected chi connectivity index (χ4v) is 9.90. The highest BCUT2D eigenvalue weighted by Gasteiger charge is 2.22. The van der Waals surface area contributed by atoms with E-state index < -0.39 is 0 Å². The van der Waals surface area contributed by atoms with Crippen molar-refractivity contribution in [2.24, 2.45) is 0 Å². The molecule has 0 spiro atoms. The van der Waals surface area contributed by atoms with Crippen LogP contribution in [0, 0.1) is 0 Å². The van der Waals surface area contributed by atoms with Gasteiger partial charge in [-0.05, 0) is 104 Å². The molecule has 2 heteroatoms. The second-order valence-electron chi connectivity index (χ2n) is 16.4. The first kappa shape index (κ1) is 37.3. The van der Waals surface area contributed by atoms with Gasteiger partial charge in [-0.25, -0.2) is 0 Å². The maximum absolute atomic E-state index is 2.45. The van der Waals surface area contributed by atoms with Crippen molar-refractivity contribution in [3.63, 3.8) is 0 Å². The molecule has 0 aliphatic heterocycles. The molecule has 300 valence electrons. The van der Waals surface area contributed by atoms with Crippen molar-refractivity contribution in [1.29, 1.82) is 0 Å². The number of aromatic nitrogens is 1. The molecule has 0 N–H and O–H groups in total. The van der Waals surface area contributed by atoms with Crippen LogP contribution in [0.4, 0.5) is 17.1 Å². The number of hydrogen-bond acceptors (Lipinski definition) is 1. The van der Waals surface area contributed by atoms with E-state index in [0.717, 1.165) is 28.3 Å². The lowest BCUT2D eigenvalue weighted by atomic mass is 9.92. The van der Waals surface area contributed by atoms with E-state index in [9.17, 15) is 0 Å². The van der Waals surface area contributed by atoms with Gasteiger partial charge in [0.25, 0.3) is 0 Å². The quantitative estimate of drug-likeness (QED) is 0.148. The fourth-order valence-electron chi connectivity index (χ4n) is 9.90. The Balaban J connectivity index is 1.07. The van der Waals surface area contributed by atoms with E-state index in [2.05, 4.69) is 264 Å². The van der Waals surface area contributed by atoms with E-state index in [4.69, 9.17) is 0 Å². The average Bonchev–Trinajstić information content (AvgIpc) is 3.71. The standard InChI is InChI=1S/C62H42N2/c1-3-18-43(19-4-1)47-24-15-25-49(42-47)63(60-41-40-54(53-27-9-10-28-55(53)60)52-32-16-23-44-22-7-8-26-50(44)52)48-38-36-46(37-39-48)62-51(45-20-5-2-6-21-45)31-17-35-61(62)64-58-33-13-11-29-56(58)57-30-12-14-34-59(57)64/h1-42H. The Kier molecular flexibility index (Phi) is 9.20. The van der Waals surface area contributed by atoms with Crippen LogP contribution >= 0.6 is 0 Å². The molecule has 1 aromatic heterocycles. The summed E-state index contributed by atoms with van der Waals surface area (Å²) in [5.41, 5.74) is 16.3. The minimum absolute atomic E-state index is 1.08. The van der Waals surface area contributed by atoms with Crippen LogP contribution in [0.3, 0.4) is 0 Å². The van der Waals surface area contributed by atoms with Crippen LogP contribution in [-0.2, 0) is 0 Å². The minimum atomic E-state index is 1.08. The highest BCUT2D eigenvalue weighted by Crippen LogP contribution is 2.46. The maximum Gasteiger partial charge on any atom is 0.0546 e. The van der Waals surface area contributed by atoms with E-state index in [-0.39, 0.29) is 0 Å². The number of nitrogens with zero attached hydrogens (tertiary/aromatic N) is 2. The molecule has 0 aliphatic rings. The molecule has 0 atom stereocenters. The van der Waals surface area contributed by atoms with Crippen molar-refractivity contribution in [2.45, 2.75) is 0 Å². The zero-order chi connectivity index (χ0) is 42.4. The predicted octanol–water partition coefficient (Wildman–Crippen LogP) is 17.2. The monoisotopic (exact) mass is 814 g/mol. The van der Waals surface area contributed by atoms with Gasteiger partial charge < -0.3 is 9.47 Å². The number of anilines is 3. The van der Waals surface area contributed by atoms with Crippen LogP contribution in [0.1, 0.15) is 0 Å². The molecular weight excluding hydrogens is 773 g/mol. The number of fused-ring (bicyclic) bond motifs is 5. The number of para-hydroxylation sites is 2. The van der Waals surface area contributed by atoms with Gasteiger partial charge >= 0.3 is 0 Å². The Morgan fingerprint density at radius 1 is 0.281 bits per heavy atom. The second kappa shape index (κ2) is 15.8. The van der Waals surface area contributed by atoms with Gasteiger partial charge in [0.2, 0.25) is 0 Å². The van der Waals surface area contributed by atoms with Crippen molar-refractivity contribution >= 4 is 60.4 Å². The molecule has 11 aromatic carbocycles. The Hall–Kier alpha value is -8.46. The van der Waals surface area contributed by atoms with Crippen LogP contribution in [0.15, 0.2) is 255 Å². The zero-order valence-electron chi connectivity index (χ0n) is 35.1. The van der Waals surface area contributed by atoms with Gasteiger partial charge in [0, 0.05) is 33.1 Å². The van der Waals surface area contributed by atoms with Crippen LogP contribution in [-0.4, -0.2) is 4.57 Å². The van der Waals surface area contributed by atoms with E-state index in [1.807, 2.05) is 0 Å². The first-order chi connectivity index (χ1) is 31.8. The molecular formula is C62H42N2. The Labute approximate surface area is 373 Å². The highest BCUT2D eigenvalue weighted by atomic mass is 15.1. The summed E-state index contributed by atoms with van der Waals surface area (Å²) in [5, 5.41) is 7.38. The Morgan fingerprint density at radius 2 is 0.812 bits per heavy atom. The molecule has 1 heterocycles. The second-order valence-corrected chi connectivity index (χ2v) is 16.4. The molecule has 0 saturated heterocycles. The molecule has 0 bridgehead atoms. The highest BCUT2D eigenvalue weighted by molar-refractivity contribution is 6.12. The number of benzene rings is 11. The molecule has 0 aliphatic carbocycles. The van der Waals surface area contributed by atoms with Gasteiger partial charge in [0.05, 0.1) is 22.4 Å². The molecule has 2 nitrogen and oxygen atoms in total. The SMILES string of the molecule is c1ccc(-c2cccc(N(c3ccc(-c4c(-c5ccccc5)cccc4-n4c5ccccc5c5ccccc54)cc3)c3ccc(-c4cccc5ccccc45)c4ccccc34)c2)cc1. The molecule has 0 amide bonds. The van der Waals surface area contributed by atoms with Gasteiger partial charge in [-0.15, -0.1) is 0 Å². The molecule has 64 heavy (non-hydrogen) atoms. The van der Waals surface area contributed by atoms with Crippen LogP contribution in [0.5, 0.6) is 0 Å². The lowest BCUT2D eigenvalue weighted by molar-refractivity contribution is 1.18. The lowest BCUT2D eigenvalue weighted by Gasteiger charge is -2.28. The van der Waals surface area contributed by atoms with Gasteiger partial charge in [-0.2, -0.15) is 0 Å².